The molecule has 1 unspecified atom stereocenters. The molecule has 1 aromatic heterocycles. The highest BCUT2D eigenvalue weighted by Gasteiger charge is 2.14. The van der Waals surface area contributed by atoms with Gasteiger partial charge >= 0.3 is 0 Å². The third kappa shape index (κ3) is 6.12. The van der Waals surface area contributed by atoms with Gasteiger partial charge in [-0.15, -0.1) is 0 Å². The molecule has 4 rings (SSSR count). The summed E-state index contributed by atoms with van der Waals surface area (Å²) >= 11 is 0. The Hall–Kier alpha value is -3.29. The average molecular weight is 436 g/mol. The lowest BCUT2D eigenvalue weighted by molar-refractivity contribution is -0.116. The summed E-state index contributed by atoms with van der Waals surface area (Å²) in [7, 11) is 0. The molecule has 0 bridgehead atoms. The summed E-state index contributed by atoms with van der Waals surface area (Å²) in [5, 5.41) is 6.24. The first-order chi connectivity index (χ1) is 15.7. The standard InChI is InChI=1S/C25H29N3O4/c1-19(25(29)27-21-7-9-23(10-8-21)28-11-14-30-15-12-28)26-22-5-2-4-20(16-22)17-31-18-24-6-3-13-32-24/h2-10,13,16,19,26H,11-12,14-15,17-18H2,1H3,(H,27,29). The highest BCUT2D eigenvalue weighted by Crippen LogP contribution is 2.20. The van der Waals surface area contributed by atoms with Crippen LogP contribution in [0, 0.1) is 0 Å². The fraction of sp³-hybridized carbons (Fsp3) is 0.320. The van der Waals surface area contributed by atoms with E-state index in [2.05, 4.69) is 15.5 Å². The molecule has 1 fully saturated rings. The molecule has 0 aliphatic carbocycles. The van der Waals surface area contributed by atoms with Crippen molar-refractivity contribution in [2.75, 3.05) is 41.8 Å². The van der Waals surface area contributed by atoms with Crippen molar-refractivity contribution in [2.24, 2.45) is 0 Å². The minimum atomic E-state index is -0.395. The van der Waals surface area contributed by atoms with Crippen LogP contribution in [-0.4, -0.2) is 38.3 Å². The molecule has 1 aliphatic heterocycles. The number of carbonyl (C=O) groups excluding carboxylic acids is 1. The summed E-state index contributed by atoms with van der Waals surface area (Å²) in [5.74, 6) is 0.700. The van der Waals surface area contributed by atoms with Crippen molar-refractivity contribution in [3.63, 3.8) is 0 Å². The second-order valence-corrected chi connectivity index (χ2v) is 7.77. The maximum atomic E-state index is 12.7. The fourth-order valence-corrected chi connectivity index (χ4v) is 3.56. The lowest BCUT2D eigenvalue weighted by Gasteiger charge is -2.29. The van der Waals surface area contributed by atoms with Gasteiger partial charge in [0.2, 0.25) is 5.91 Å². The number of benzene rings is 2. The predicted molar refractivity (Wildman–Crippen MR) is 125 cm³/mol. The van der Waals surface area contributed by atoms with Crippen LogP contribution in [0.3, 0.4) is 0 Å². The van der Waals surface area contributed by atoms with E-state index >= 15 is 0 Å². The van der Waals surface area contributed by atoms with Crippen LogP contribution in [0.15, 0.2) is 71.3 Å². The first-order valence-electron chi connectivity index (χ1n) is 10.9. The number of hydrogen-bond donors (Lipinski definition) is 2. The monoisotopic (exact) mass is 435 g/mol. The van der Waals surface area contributed by atoms with Crippen LogP contribution in [-0.2, 0) is 27.5 Å². The number of anilines is 3. The van der Waals surface area contributed by atoms with Gasteiger partial charge < -0.3 is 29.4 Å². The number of nitrogens with zero attached hydrogens (tertiary/aromatic N) is 1. The zero-order valence-electron chi connectivity index (χ0n) is 18.3. The van der Waals surface area contributed by atoms with E-state index in [0.717, 1.165) is 54.7 Å². The zero-order valence-corrected chi connectivity index (χ0v) is 18.3. The Balaban J connectivity index is 1.26. The second-order valence-electron chi connectivity index (χ2n) is 7.77. The SMILES string of the molecule is CC(Nc1cccc(COCc2ccco2)c1)C(=O)Nc1ccc(N2CCOCC2)cc1. The molecular formula is C25H29N3O4. The molecule has 0 spiro atoms. The van der Waals surface area contributed by atoms with Gasteiger partial charge in [0.05, 0.1) is 26.1 Å². The van der Waals surface area contributed by atoms with Crippen molar-refractivity contribution < 1.29 is 18.7 Å². The molecule has 1 saturated heterocycles. The number of furan rings is 1. The van der Waals surface area contributed by atoms with Gasteiger partial charge in [-0.25, -0.2) is 0 Å². The second kappa shape index (κ2) is 10.8. The Bertz CT molecular complexity index is 983. The van der Waals surface area contributed by atoms with Crippen LogP contribution in [0.2, 0.25) is 0 Å². The Labute approximate surface area is 188 Å². The Morgan fingerprint density at radius 2 is 1.84 bits per heavy atom. The fourth-order valence-electron chi connectivity index (χ4n) is 3.56. The van der Waals surface area contributed by atoms with Gasteiger partial charge in [-0.05, 0) is 61.0 Å². The summed E-state index contributed by atoms with van der Waals surface area (Å²) in [6.07, 6.45) is 1.63. The highest BCUT2D eigenvalue weighted by atomic mass is 16.5. The van der Waals surface area contributed by atoms with Gasteiger partial charge in [0.1, 0.15) is 18.4 Å². The molecule has 1 amide bonds. The smallest absolute Gasteiger partial charge is 0.246 e. The van der Waals surface area contributed by atoms with Gasteiger partial charge in [-0.3, -0.25) is 4.79 Å². The largest absolute Gasteiger partial charge is 0.467 e. The van der Waals surface area contributed by atoms with E-state index in [9.17, 15) is 4.79 Å². The predicted octanol–water partition coefficient (Wildman–Crippen LogP) is 4.27. The van der Waals surface area contributed by atoms with E-state index in [0.29, 0.717) is 13.2 Å². The molecule has 7 nitrogen and oxygen atoms in total. The van der Waals surface area contributed by atoms with Crippen LogP contribution >= 0.6 is 0 Å². The molecule has 0 saturated carbocycles. The first-order valence-corrected chi connectivity index (χ1v) is 10.9. The molecule has 3 aromatic rings. The number of ether oxygens (including phenoxy) is 2. The van der Waals surface area contributed by atoms with Gasteiger partial charge in [0, 0.05) is 30.2 Å². The summed E-state index contributed by atoms with van der Waals surface area (Å²) < 4.78 is 16.4. The van der Waals surface area contributed by atoms with E-state index in [1.165, 1.54) is 0 Å². The van der Waals surface area contributed by atoms with Crippen LogP contribution in [0.25, 0.3) is 0 Å². The summed E-state index contributed by atoms with van der Waals surface area (Å²) in [6, 6.07) is 19.1. The van der Waals surface area contributed by atoms with Crippen molar-refractivity contribution >= 4 is 23.0 Å². The number of hydrogen-bond acceptors (Lipinski definition) is 6. The molecule has 168 valence electrons. The highest BCUT2D eigenvalue weighted by molar-refractivity contribution is 5.96. The molecule has 32 heavy (non-hydrogen) atoms. The van der Waals surface area contributed by atoms with Crippen LogP contribution in [0.1, 0.15) is 18.2 Å². The van der Waals surface area contributed by atoms with Crippen LogP contribution < -0.4 is 15.5 Å². The van der Waals surface area contributed by atoms with Crippen molar-refractivity contribution in [3.05, 3.63) is 78.3 Å². The molecule has 2 aromatic carbocycles. The molecule has 1 atom stereocenters. The van der Waals surface area contributed by atoms with Gasteiger partial charge in [-0.1, -0.05) is 12.1 Å². The minimum Gasteiger partial charge on any atom is -0.467 e. The molecular weight excluding hydrogens is 406 g/mol. The Kier molecular flexibility index (Phi) is 7.42. The third-order valence-electron chi connectivity index (χ3n) is 5.31. The summed E-state index contributed by atoms with van der Waals surface area (Å²) in [4.78, 5) is 14.9. The van der Waals surface area contributed by atoms with Gasteiger partial charge in [-0.2, -0.15) is 0 Å². The number of morpholine rings is 1. The lowest BCUT2D eigenvalue weighted by atomic mass is 10.2. The maximum absolute atomic E-state index is 12.7. The summed E-state index contributed by atoms with van der Waals surface area (Å²) in [6.45, 7) is 6.01. The van der Waals surface area contributed by atoms with E-state index in [1.54, 1.807) is 6.26 Å². The van der Waals surface area contributed by atoms with E-state index in [1.807, 2.05) is 67.6 Å². The van der Waals surface area contributed by atoms with E-state index in [4.69, 9.17) is 13.9 Å². The average Bonchev–Trinajstić information content (AvgIpc) is 3.34. The molecule has 0 radical (unpaired) electrons. The number of rotatable bonds is 9. The van der Waals surface area contributed by atoms with E-state index < -0.39 is 6.04 Å². The molecule has 7 heteroatoms. The van der Waals surface area contributed by atoms with Crippen molar-refractivity contribution in [1.82, 2.24) is 0 Å². The quantitative estimate of drug-likeness (QED) is 0.523. The zero-order chi connectivity index (χ0) is 22.2. The molecule has 1 aliphatic rings. The van der Waals surface area contributed by atoms with Crippen molar-refractivity contribution in [1.29, 1.82) is 0 Å². The lowest BCUT2D eigenvalue weighted by Crippen LogP contribution is -2.36. The van der Waals surface area contributed by atoms with E-state index in [-0.39, 0.29) is 5.91 Å². The van der Waals surface area contributed by atoms with Crippen molar-refractivity contribution in [2.45, 2.75) is 26.2 Å². The normalized spacial score (nSPS) is 14.7. The topological polar surface area (TPSA) is 76.0 Å². The Morgan fingerprint density at radius 1 is 1.03 bits per heavy atom. The maximum Gasteiger partial charge on any atom is 0.246 e. The van der Waals surface area contributed by atoms with Crippen molar-refractivity contribution in [3.8, 4) is 0 Å². The molecule has 2 N–H and O–H groups in total. The Morgan fingerprint density at radius 3 is 2.59 bits per heavy atom. The first kappa shape index (κ1) is 21.9. The number of amides is 1. The number of carbonyl (C=O) groups is 1. The van der Waals surface area contributed by atoms with Crippen LogP contribution in [0.4, 0.5) is 17.1 Å². The molecule has 2 heterocycles. The third-order valence-corrected chi connectivity index (χ3v) is 5.31. The minimum absolute atomic E-state index is 0.0939. The van der Waals surface area contributed by atoms with Crippen LogP contribution in [0.5, 0.6) is 0 Å². The van der Waals surface area contributed by atoms with Gasteiger partial charge in [0.25, 0.3) is 0 Å². The summed E-state index contributed by atoms with van der Waals surface area (Å²) in [5.41, 5.74) is 3.81. The number of nitrogens with one attached hydrogen (secondary N) is 2. The van der Waals surface area contributed by atoms with Gasteiger partial charge in [0.15, 0.2) is 0 Å².